The Labute approximate surface area is 197 Å². The predicted molar refractivity (Wildman–Crippen MR) is 132 cm³/mol. The number of aliphatic hydroxyl groups is 1. The normalized spacial score (nSPS) is 13.2. The molecule has 2 atom stereocenters. The molecule has 4 aromatic heterocycles. The molecule has 0 spiro atoms. The molecule has 1 aromatic carbocycles. The average Bonchev–Trinajstić information content (AvgIpc) is 3.46. The van der Waals surface area contributed by atoms with Gasteiger partial charge >= 0.3 is 0 Å². The summed E-state index contributed by atoms with van der Waals surface area (Å²) < 4.78 is 3.77. The van der Waals surface area contributed by atoms with Crippen LogP contribution in [0.3, 0.4) is 0 Å². The van der Waals surface area contributed by atoms with Crippen molar-refractivity contribution in [2.45, 2.75) is 19.8 Å². The van der Waals surface area contributed by atoms with Crippen LogP contribution in [-0.4, -0.2) is 41.1 Å². The summed E-state index contributed by atoms with van der Waals surface area (Å²) in [4.78, 5) is 4.43. The first-order valence-corrected chi connectivity index (χ1v) is 11.3. The number of anilines is 2. The lowest BCUT2D eigenvalue weighted by Crippen LogP contribution is -2.18. The summed E-state index contributed by atoms with van der Waals surface area (Å²) in [7, 11) is 1.88. The number of pyridine rings is 2. The van der Waals surface area contributed by atoms with E-state index in [1.807, 2.05) is 48.8 Å². The highest BCUT2D eigenvalue weighted by atomic mass is 16.3. The standard InChI is InChI=1S/C26H27N7O/c1-17-4-6-19(7-5-17)25(18(2)16-34)26-31-30-24-15-21(10-13-33(24)26)20-8-11-27-22(14-20)29-23-9-12-28-32(23)3/h4-15,18,25,34H,16H2,1-3H3,(H,27,29)/t18-,25+/m1/s1. The zero-order valence-corrected chi connectivity index (χ0v) is 19.4. The molecule has 8 nitrogen and oxygen atoms in total. The van der Waals surface area contributed by atoms with Gasteiger partial charge in [0.05, 0.1) is 6.20 Å². The van der Waals surface area contributed by atoms with Gasteiger partial charge in [0.2, 0.25) is 0 Å². The minimum Gasteiger partial charge on any atom is -0.396 e. The minimum absolute atomic E-state index is 0.00406. The van der Waals surface area contributed by atoms with Crippen LogP contribution in [0.1, 0.15) is 29.8 Å². The Hall–Kier alpha value is -4.04. The first-order chi connectivity index (χ1) is 16.5. The smallest absolute Gasteiger partial charge is 0.161 e. The van der Waals surface area contributed by atoms with Crippen molar-refractivity contribution >= 4 is 17.3 Å². The van der Waals surface area contributed by atoms with Gasteiger partial charge in [0.1, 0.15) is 17.5 Å². The Balaban J connectivity index is 1.49. The first-order valence-electron chi connectivity index (χ1n) is 11.3. The molecule has 0 bridgehead atoms. The largest absolute Gasteiger partial charge is 0.396 e. The van der Waals surface area contributed by atoms with E-state index in [-0.39, 0.29) is 18.4 Å². The second-order valence-corrected chi connectivity index (χ2v) is 8.64. The highest BCUT2D eigenvalue weighted by Crippen LogP contribution is 2.32. The van der Waals surface area contributed by atoms with Crippen molar-refractivity contribution in [1.82, 2.24) is 29.4 Å². The fourth-order valence-electron chi connectivity index (χ4n) is 4.22. The van der Waals surface area contributed by atoms with Gasteiger partial charge in [-0.25, -0.2) is 4.98 Å². The third-order valence-electron chi connectivity index (χ3n) is 6.18. The van der Waals surface area contributed by atoms with Crippen molar-refractivity contribution in [3.63, 3.8) is 0 Å². The van der Waals surface area contributed by atoms with Gasteiger partial charge in [0, 0.05) is 38.0 Å². The zero-order chi connectivity index (χ0) is 23.7. The number of hydrogen-bond acceptors (Lipinski definition) is 6. The molecule has 172 valence electrons. The second kappa shape index (κ2) is 9.07. The van der Waals surface area contributed by atoms with Crippen LogP contribution < -0.4 is 5.32 Å². The fourth-order valence-corrected chi connectivity index (χ4v) is 4.22. The van der Waals surface area contributed by atoms with E-state index in [4.69, 9.17) is 0 Å². The van der Waals surface area contributed by atoms with Gasteiger partial charge in [-0.2, -0.15) is 5.10 Å². The van der Waals surface area contributed by atoms with Gasteiger partial charge in [-0.15, -0.1) is 10.2 Å². The Morgan fingerprint density at radius 1 is 0.971 bits per heavy atom. The summed E-state index contributed by atoms with van der Waals surface area (Å²) in [6.07, 6.45) is 5.52. The van der Waals surface area contributed by atoms with Gasteiger partial charge in [-0.1, -0.05) is 36.8 Å². The second-order valence-electron chi connectivity index (χ2n) is 8.64. The van der Waals surface area contributed by atoms with Crippen molar-refractivity contribution in [2.75, 3.05) is 11.9 Å². The van der Waals surface area contributed by atoms with E-state index in [1.54, 1.807) is 17.1 Å². The quantitative estimate of drug-likeness (QED) is 0.381. The summed E-state index contributed by atoms with van der Waals surface area (Å²) in [6, 6.07) is 18.3. The van der Waals surface area contributed by atoms with Gasteiger partial charge in [-0.05, 0) is 53.8 Å². The van der Waals surface area contributed by atoms with Crippen molar-refractivity contribution in [2.24, 2.45) is 13.0 Å². The van der Waals surface area contributed by atoms with E-state index < -0.39 is 0 Å². The Bertz CT molecular complexity index is 1420. The molecular formula is C26H27N7O. The molecule has 8 heteroatoms. The van der Waals surface area contributed by atoms with Crippen molar-refractivity contribution in [3.05, 3.63) is 90.1 Å². The topological polar surface area (TPSA) is 93.2 Å². The van der Waals surface area contributed by atoms with E-state index in [0.717, 1.165) is 39.8 Å². The SMILES string of the molecule is Cc1ccc([C@@H](c2nnc3cc(-c4ccnc(Nc5ccnn5C)c4)ccn23)[C@H](C)CO)cc1. The lowest BCUT2D eigenvalue weighted by atomic mass is 9.86. The van der Waals surface area contributed by atoms with Crippen LogP contribution in [-0.2, 0) is 7.05 Å². The number of rotatable bonds is 7. The van der Waals surface area contributed by atoms with E-state index in [2.05, 4.69) is 62.9 Å². The van der Waals surface area contributed by atoms with Crippen LogP contribution >= 0.6 is 0 Å². The van der Waals surface area contributed by atoms with E-state index >= 15 is 0 Å². The molecule has 0 saturated heterocycles. The van der Waals surface area contributed by atoms with Crippen LogP contribution in [0.2, 0.25) is 0 Å². The molecule has 0 aliphatic carbocycles. The third kappa shape index (κ3) is 4.15. The summed E-state index contributed by atoms with van der Waals surface area (Å²) in [5.74, 6) is 2.35. The van der Waals surface area contributed by atoms with E-state index in [9.17, 15) is 5.11 Å². The molecule has 0 fully saturated rings. The summed E-state index contributed by atoms with van der Waals surface area (Å²) in [5, 5.41) is 26.4. The zero-order valence-electron chi connectivity index (χ0n) is 19.4. The summed E-state index contributed by atoms with van der Waals surface area (Å²) >= 11 is 0. The average molecular weight is 454 g/mol. The van der Waals surface area contributed by atoms with Crippen LogP contribution in [0.4, 0.5) is 11.6 Å². The Kier molecular flexibility index (Phi) is 5.81. The lowest BCUT2D eigenvalue weighted by molar-refractivity contribution is 0.222. The Morgan fingerprint density at radius 2 is 1.76 bits per heavy atom. The van der Waals surface area contributed by atoms with E-state index in [0.29, 0.717) is 0 Å². The maximum Gasteiger partial charge on any atom is 0.161 e. The highest BCUT2D eigenvalue weighted by molar-refractivity contribution is 5.70. The monoisotopic (exact) mass is 453 g/mol. The van der Waals surface area contributed by atoms with Crippen LogP contribution in [0, 0.1) is 12.8 Å². The van der Waals surface area contributed by atoms with Gasteiger partial charge in [0.15, 0.2) is 5.65 Å². The first kappa shape index (κ1) is 21.8. The summed E-state index contributed by atoms with van der Waals surface area (Å²) in [5.41, 5.74) is 5.11. The maximum absolute atomic E-state index is 9.95. The maximum atomic E-state index is 9.95. The van der Waals surface area contributed by atoms with Crippen LogP contribution in [0.15, 0.2) is 73.2 Å². The molecule has 0 aliphatic rings. The molecule has 2 N–H and O–H groups in total. The molecule has 5 aromatic rings. The van der Waals surface area contributed by atoms with Gasteiger partial charge in [-0.3, -0.25) is 9.08 Å². The molecule has 4 heterocycles. The summed E-state index contributed by atoms with van der Waals surface area (Å²) in [6.45, 7) is 4.17. The van der Waals surface area contributed by atoms with Crippen molar-refractivity contribution in [1.29, 1.82) is 0 Å². The van der Waals surface area contributed by atoms with Gasteiger partial charge < -0.3 is 10.4 Å². The molecule has 0 saturated carbocycles. The highest BCUT2D eigenvalue weighted by Gasteiger charge is 2.26. The molecule has 5 rings (SSSR count). The number of aliphatic hydroxyl groups excluding tert-OH is 1. The molecule has 0 radical (unpaired) electrons. The van der Waals surface area contributed by atoms with Crippen LogP contribution in [0.5, 0.6) is 0 Å². The minimum atomic E-state index is -0.0675. The number of aryl methyl sites for hydroxylation is 2. The van der Waals surface area contributed by atoms with Crippen LogP contribution in [0.25, 0.3) is 16.8 Å². The lowest BCUT2D eigenvalue weighted by Gasteiger charge is -2.21. The Morgan fingerprint density at radius 3 is 2.50 bits per heavy atom. The van der Waals surface area contributed by atoms with E-state index in [1.165, 1.54) is 5.56 Å². The number of fused-ring (bicyclic) bond motifs is 1. The third-order valence-corrected chi connectivity index (χ3v) is 6.18. The molecule has 34 heavy (non-hydrogen) atoms. The number of benzene rings is 1. The number of nitrogens with zero attached hydrogens (tertiary/aromatic N) is 6. The predicted octanol–water partition coefficient (Wildman–Crippen LogP) is 4.34. The fraction of sp³-hybridized carbons (Fsp3) is 0.231. The van der Waals surface area contributed by atoms with Crippen molar-refractivity contribution < 1.29 is 5.11 Å². The van der Waals surface area contributed by atoms with Gasteiger partial charge in [0.25, 0.3) is 0 Å². The van der Waals surface area contributed by atoms with Crippen molar-refractivity contribution in [3.8, 4) is 11.1 Å². The number of hydrogen-bond donors (Lipinski definition) is 2. The molecule has 0 unspecified atom stereocenters. The molecule has 0 amide bonds. The number of nitrogens with one attached hydrogen (secondary N) is 1. The molecular weight excluding hydrogens is 426 g/mol. The molecule has 0 aliphatic heterocycles. The number of aromatic nitrogens is 6.